The van der Waals surface area contributed by atoms with Crippen molar-refractivity contribution < 1.29 is 13.0 Å². The van der Waals surface area contributed by atoms with Gasteiger partial charge in [-0.15, -0.1) is 0 Å². The largest absolute Gasteiger partial charge is 0.378 e. The van der Waals surface area contributed by atoms with E-state index in [1.165, 1.54) is 6.07 Å². The first-order valence-corrected chi connectivity index (χ1v) is 8.21. The van der Waals surface area contributed by atoms with Gasteiger partial charge in [-0.1, -0.05) is 18.2 Å². The van der Waals surface area contributed by atoms with Gasteiger partial charge in [-0.05, 0) is 29.8 Å². The smallest absolute Gasteiger partial charge is 0.295 e. The van der Waals surface area contributed by atoms with E-state index in [9.17, 15) is 13.0 Å². The molecule has 0 aliphatic heterocycles. The Balaban J connectivity index is 2.59. The Morgan fingerprint density at radius 3 is 1.77 bits per heavy atom. The van der Waals surface area contributed by atoms with Gasteiger partial charge in [-0.3, -0.25) is 4.55 Å². The highest BCUT2D eigenvalue weighted by atomic mass is 32.2. The number of rotatable bonds is 4. The van der Waals surface area contributed by atoms with Gasteiger partial charge in [0.15, 0.2) is 0 Å². The summed E-state index contributed by atoms with van der Waals surface area (Å²) in [4.78, 5) is 3.66. The van der Waals surface area contributed by atoms with E-state index in [0.29, 0.717) is 11.3 Å². The minimum absolute atomic E-state index is 0.0868. The summed E-state index contributed by atoms with van der Waals surface area (Å²) in [5, 5.41) is 0. The maximum absolute atomic E-state index is 11.7. The van der Waals surface area contributed by atoms with Crippen molar-refractivity contribution in [2.24, 2.45) is 0 Å². The fraction of sp³-hybridized carbons (Fsp3) is 0.250. The molecule has 1 N–H and O–H groups in total. The molecule has 0 heterocycles. The minimum atomic E-state index is -4.30. The summed E-state index contributed by atoms with van der Waals surface area (Å²) in [5.74, 6) is 0. The minimum Gasteiger partial charge on any atom is -0.378 e. The zero-order valence-corrected chi connectivity index (χ0v) is 13.9. The van der Waals surface area contributed by atoms with E-state index in [1.54, 1.807) is 11.0 Å². The third-order valence-corrected chi connectivity index (χ3v) is 4.35. The van der Waals surface area contributed by atoms with Gasteiger partial charge in [0.05, 0.1) is 0 Å². The third-order valence-electron chi connectivity index (χ3n) is 3.45. The number of anilines is 2. The summed E-state index contributed by atoms with van der Waals surface area (Å²) in [6.07, 6.45) is 0. The normalized spacial score (nSPS) is 11.3. The van der Waals surface area contributed by atoms with Crippen LogP contribution in [-0.2, 0) is 10.1 Å². The molecule has 2 rings (SSSR count). The van der Waals surface area contributed by atoms with Crippen LogP contribution in [0.5, 0.6) is 0 Å². The van der Waals surface area contributed by atoms with Gasteiger partial charge in [-0.25, -0.2) is 0 Å². The number of hydrogen-bond donors (Lipinski definition) is 1. The van der Waals surface area contributed by atoms with Gasteiger partial charge in [0.25, 0.3) is 10.1 Å². The van der Waals surface area contributed by atoms with Crippen LogP contribution in [-0.4, -0.2) is 41.2 Å². The van der Waals surface area contributed by atoms with E-state index in [-0.39, 0.29) is 4.90 Å². The Kier molecular flexibility index (Phi) is 4.44. The molecule has 0 saturated carbocycles. The quantitative estimate of drug-likeness (QED) is 0.878. The lowest BCUT2D eigenvalue weighted by Crippen LogP contribution is -2.10. The van der Waals surface area contributed by atoms with Crippen molar-refractivity contribution in [2.75, 3.05) is 38.0 Å². The second kappa shape index (κ2) is 5.98. The molecule has 0 saturated heterocycles. The van der Waals surface area contributed by atoms with Crippen LogP contribution >= 0.6 is 0 Å². The number of hydrogen-bond acceptors (Lipinski definition) is 4. The van der Waals surface area contributed by atoms with Crippen LogP contribution in [0.25, 0.3) is 11.1 Å². The molecule has 118 valence electrons. The lowest BCUT2D eigenvalue weighted by Gasteiger charge is -2.16. The Hall–Kier alpha value is -2.05. The standard InChI is InChI=1S/C16H20N2O3S/c1-17(2)13-7-5-12(6-8-13)15-10-9-14(18(3)4)11-16(15)22(19,20)21/h5-11H,1-4H3,(H,19,20,21). The monoisotopic (exact) mass is 320 g/mol. The van der Waals surface area contributed by atoms with Crippen molar-refractivity contribution in [3.8, 4) is 11.1 Å². The van der Waals surface area contributed by atoms with Gasteiger partial charge < -0.3 is 9.80 Å². The highest BCUT2D eigenvalue weighted by Crippen LogP contribution is 2.31. The summed E-state index contributed by atoms with van der Waals surface area (Å²) < 4.78 is 32.9. The molecule has 0 unspecified atom stereocenters. The Morgan fingerprint density at radius 2 is 1.32 bits per heavy atom. The van der Waals surface area contributed by atoms with E-state index < -0.39 is 10.1 Å². The van der Waals surface area contributed by atoms with Crippen LogP contribution in [0.2, 0.25) is 0 Å². The van der Waals surface area contributed by atoms with Gasteiger partial charge in [0.2, 0.25) is 0 Å². The predicted molar refractivity (Wildman–Crippen MR) is 90.3 cm³/mol. The van der Waals surface area contributed by atoms with Crippen molar-refractivity contribution in [1.82, 2.24) is 0 Å². The maximum Gasteiger partial charge on any atom is 0.295 e. The van der Waals surface area contributed by atoms with Gasteiger partial charge in [-0.2, -0.15) is 8.42 Å². The van der Waals surface area contributed by atoms with Crippen LogP contribution in [0.15, 0.2) is 47.4 Å². The predicted octanol–water partition coefficient (Wildman–Crippen LogP) is 2.73. The molecular weight excluding hydrogens is 300 g/mol. The average Bonchev–Trinajstić information content (AvgIpc) is 2.45. The first kappa shape index (κ1) is 16.3. The van der Waals surface area contributed by atoms with Crippen LogP contribution < -0.4 is 9.80 Å². The molecule has 0 aliphatic carbocycles. The highest BCUT2D eigenvalue weighted by Gasteiger charge is 2.18. The summed E-state index contributed by atoms with van der Waals surface area (Å²) in [6, 6.07) is 12.5. The van der Waals surface area contributed by atoms with Crippen molar-refractivity contribution in [2.45, 2.75) is 4.90 Å². The molecular formula is C16H20N2O3S. The van der Waals surface area contributed by atoms with Crippen LogP contribution in [0.4, 0.5) is 11.4 Å². The second-order valence-electron chi connectivity index (χ2n) is 5.49. The molecule has 0 amide bonds. The Morgan fingerprint density at radius 1 is 0.818 bits per heavy atom. The maximum atomic E-state index is 11.7. The summed E-state index contributed by atoms with van der Waals surface area (Å²) in [6.45, 7) is 0. The molecule has 0 aliphatic rings. The SMILES string of the molecule is CN(C)c1ccc(-c2ccc(N(C)C)cc2S(=O)(=O)O)cc1. The van der Waals surface area contributed by atoms with E-state index in [1.807, 2.05) is 63.4 Å². The van der Waals surface area contributed by atoms with Crippen LogP contribution in [0.1, 0.15) is 0 Å². The van der Waals surface area contributed by atoms with Crippen LogP contribution in [0, 0.1) is 0 Å². The van der Waals surface area contributed by atoms with Crippen LogP contribution in [0.3, 0.4) is 0 Å². The Bertz CT molecular complexity index is 766. The fourth-order valence-electron chi connectivity index (χ4n) is 2.18. The number of benzene rings is 2. The van der Waals surface area contributed by atoms with Crippen molar-refractivity contribution >= 4 is 21.5 Å². The average molecular weight is 320 g/mol. The first-order chi connectivity index (χ1) is 10.2. The van der Waals surface area contributed by atoms with Crippen molar-refractivity contribution in [3.05, 3.63) is 42.5 Å². The molecule has 5 nitrogen and oxygen atoms in total. The summed E-state index contributed by atoms with van der Waals surface area (Å²) >= 11 is 0. The lowest BCUT2D eigenvalue weighted by atomic mass is 10.0. The zero-order chi connectivity index (χ0) is 16.5. The van der Waals surface area contributed by atoms with Gasteiger partial charge in [0.1, 0.15) is 4.90 Å². The van der Waals surface area contributed by atoms with E-state index in [2.05, 4.69) is 0 Å². The summed E-state index contributed by atoms with van der Waals surface area (Å²) in [5.41, 5.74) is 2.95. The molecule has 0 spiro atoms. The Labute approximate surface area is 131 Å². The molecule has 0 bridgehead atoms. The van der Waals surface area contributed by atoms with Gasteiger partial charge in [0, 0.05) is 45.1 Å². The van der Waals surface area contributed by atoms with Crippen molar-refractivity contribution in [3.63, 3.8) is 0 Å². The molecule has 2 aromatic rings. The first-order valence-electron chi connectivity index (χ1n) is 6.77. The van der Waals surface area contributed by atoms with Crippen molar-refractivity contribution in [1.29, 1.82) is 0 Å². The number of nitrogens with zero attached hydrogens (tertiary/aromatic N) is 2. The molecule has 22 heavy (non-hydrogen) atoms. The molecule has 0 fully saturated rings. The molecule has 2 aromatic carbocycles. The summed E-state index contributed by atoms with van der Waals surface area (Å²) in [7, 11) is 3.20. The van der Waals surface area contributed by atoms with E-state index in [0.717, 1.165) is 11.3 Å². The molecule has 6 heteroatoms. The topological polar surface area (TPSA) is 60.9 Å². The molecule has 0 radical (unpaired) electrons. The lowest BCUT2D eigenvalue weighted by molar-refractivity contribution is 0.483. The fourth-order valence-corrected chi connectivity index (χ4v) is 2.91. The third kappa shape index (κ3) is 3.40. The molecule has 0 aromatic heterocycles. The van der Waals surface area contributed by atoms with Gasteiger partial charge >= 0.3 is 0 Å². The molecule has 0 atom stereocenters. The van der Waals surface area contributed by atoms with E-state index in [4.69, 9.17) is 0 Å². The highest BCUT2D eigenvalue weighted by molar-refractivity contribution is 7.86. The zero-order valence-electron chi connectivity index (χ0n) is 13.1. The van der Waals surface area contributed by atoms with E-state index >= 15 is 0 Å². The second-order valence-corrected chi connectivity index (χ2v) is 6.88.